The van der Waals surface area contributed by atoms with Crippen LogP contribution in [-0.4, -0.2) is 19.1 Å². The number of imidazole rings is 2. The second-order valence-corrected chi connectivity index (χ2v) is 7.08. The number of aryl methyl sites for hydroxylation is 2. The number of hydrogen-bond donors (Lipinski definition) is 1. The summed E-state index contributed by atoms with van der Waals surface area (Å²) in [5.41, 5.74) is 4.52. The van der Waals surface area contributed by atoms with E-state index in [1.54, 1.807) is 29.3 Å². The van der Waals surface area contributed by atoms with Crippen molar-refractivity contribution >= 4 is 33.7 Å². The molecule has 0 fully saturated rings. The van der Waals surface area contributed by atoms with E-state index in [1.807, 2.05) is 54.6 Å². The van der Waals surface area contributed by atoms with Gasteiger partial charge < -0.3 is 9.40 Å². The van der Waals surface area contributed by atoms with Crippen molar-refractivity contribution in [2.45, 2.75) is 0 Å². The first-order valence-electron chi connectivity index (χ1n) is 9.38. The fourth-order valence-electron chi connectivity index (χ4n) is 3.62. The van der Waals surface area contributed by atoms with E-state index in [0.717, 1.165) is 27.6 Å². The van der Waals surface area contributed by atoms with Gasteiger partial charge in [0.25, 0.3) is 0 Å². The molecule has 30 heavy (non-hydrogen) atoms. The zero-order valence-electron chi connectivity index (χ0n) is 16.4. The van der Waals surface area contributed by atoms with Crippen LogP contribution >= 0.6 is 0 Å². The van der Waals surface area contributed by atoms with Crippen molar-refractivity contribution < 1.29 is 4.42 Å². The Hall–Kier alpha value is -4.31. The molecule has 0 aliphatic carbocycles. The highest BCUT2D eigenvalue weighted by Crippen LogP contribution is 2.27. The molecule has 0 saturated carbocycles. The number of nitriles is 1. The van der Waals surface area contributed by atoms with Gasteiger partial charge in [-0.15, -0.1) is 0 Å². The van der Waals surface area contributed by atoms with Gasteiger partial charge in [0.05, 0.1) is 27.6 Å². The number of benzene rings is 2. The predicted molar refractivity (Wildman–Crippen MR) is 115 cm³/mol. The molecule has 146 valence electrons. The number of rotatable bonds is 3. The third-order valence-electron chi connectivity index (χ3n) is 5.23. The summed E-state index contributed by atoms with van der Waals surface area (Å²) in [5.74, 6) is 1.70. The quantitative estimate of drug-likeness (QED) is 0.466. The van der Waals surface area contributed by atoms with Crippen molar-refractivity contribution in [3.63, 3.8) is 0 Å². The SMILES string of the molecule is Cn1c(=O)n(C)c2cc(-c3ccc(/C=C(\C#N)c4nc5ccccc5[nH]4)o3)ccc21. The van der Waals surface area contributed by atoms with Gasteiger partial charge in [0.1, 0.15) is 23.4 Å². The third kappa shape index (κ3) is 2.74. The Morgan fingerprint density at radius 1 is 1.10 bits per heavy atom. The van der Waals surface area contributed by atoms with E-state index >= 15 is 0 Å². The molecule has 5 aromatic rings. The summed E-state index contributed by atoms with van der Waals surface area (Å²) in [4.78, 5) is 19.8. The standard InChI is InChI=1S/C23H17N5O2/c1-27-19-9-7-14(12-20(19)28(2)23(27)29)21-10-8-16(30-21)11-15(13-24)22-25-17-5-3-4-6-18(17)26-22/h3-12H,1-2H3,(H,25,26)/b15-11+. The highest BCUT2D eigenvalue weighted by Gasteiger charge is 2.12. The number of allylic oxidation sites excluding steroid dienone is 1. The van der Waals surface area contributed by atoms with Gasteiger partial charge in [-0.1, -0.05) is 12.1 Å². The summed E-state index contributed by atoms with van der Waals surface area (Å²) in [5, 5.41) is 9.61. The van der Waals surface area contributed by atoms with Crippen molar-refractivity contribution in [2.24, 2.45) is 14.1 Å². The van der Waals surface area contributed by atoms with Gasteiger partial charge in [-0.2, -0.15) is 5.26 Å². The molecule has 3 heterocycles. The fourth-order valence-corrected chi connectivity index (χ4v) is 3.62. The van der Waals surface area contributed by atoms with Crippen LogP contribution in [0.1, 0.15) is 11.6 Å². The molecular formula is C23H17N5O2. The van der Waals surface area contributed by atoms with Gasteiger partial charge in [-0.05, 0) is 42.5 Å². The van der Waals surface area contributed by atoms with Crippen LogP contribution in [0.2, 0.25) is 0 Å². The summed E-state index contributed by atoms with van der Waals surface area (Å²) in [7, 11) is 3.50. The number of nitrogens with zero attached hydrogens (tertiary/aromatic N) is 4. The molecule has 7 nitrogen and oxygen atoms in total. The molecule has 2 aromatic carbocycles. The first-order valence-corrected chi connectivity index (χ1v) is 9.38. The second-order valence-electron chi connectivity index (χ2n) is 7.08. The molecule has 5 rings (SSSR count). The number of aromatic nitrogens is 4. The molecule has 0 radical (unpaired) electrons. The second kappa shape index (κ2) is 6.64. The predicted octanol–water partition coefficient (Wildman–Crippen LogP) is 4.08. The number of fused-ring (bicyclic) bond motifs is 2. The largest absolute Gasteiger partial charge is 0.457 e. The zero-order valence-corrected chi connectivity index (χ0v) is 16.4. The topological polar surface area (TPSA) is 92.5 Å². The summed E-state index contributed by atoms with van der Waals surface area (Å²) in [6.45, 7) is 0. The molecule has 3 aromatic heterocycles. The molecule has 0 unspecified atom stereocenters. The lowest BCUT2D eigenvalue weighted by atomic mass is 10.1. The van der Waals surface area contributed by atoms with Gasteiger partial charge in [-0.25, -0.2) is 9.78 Å². The van der Waals surface area contributed by atoms with E-state index in [4.69, 9.17) is 4.42 Å². The van der Waals surface area contributed by atoms with E-state index < -0.39 is 0 Å². The number of H-pyrrole nitrogens is 1. The van der Waals surface area contributed by atoms with Crippen molar-refractivity contribution in [3.05, 3.63) is 76.7 Å². The van der Waals surface area contributed by atoms with Crippen LogP contribution in [0.5, 0.6) is 0 Å². The molecule has 0 atom stereocenters. The van der Waals surface area contributed by atoms with E-state index in [-0.39, 0.29) is 5.69 Å². The van der Waals surface area contributed by atoms with Crippen molar-refractivity contribution in [2.75, 3.05) is 0 Å². The Labute approximate surface area is 171 Å². The zero-order chi connectivity index (χ0) is 20.8. The number of hydrogen-bond acceptors (Lipinski definition) is 4. The maximum atomic E-state index is 12.1. The van der Waals surface area contributed by atoms with Crippen LogP contribution in [0.15, 0.2) is 63.8 Å². The molecule has 0 aliphatic rings. The van der Waals surface area contributed by atoms with E-state index in [2.05, 4.69) is 16.0 Å². The molecule has 0 amide bonds. The Balaban J connectivity index is 1.53. The summed E-state index contributed by atoms with van der Waals surface area (Å²) < 4.78 is 9.18. The molecule has 0 saturated heterocycles. The average molecular weight is 395 g/mol. The third-order valence-corrected chi connectivity index (χ3v) is 5.23. The first kappa shape index (κ1) is 17.8. The van der Waals surface area contributed by atoms with Crippen LogP contribution in [-0.2, 0) is 14.1 Å². The highest BCUT2D eigenvalue weighted by molar-refractivity contribution is 5.90. The maximum absolute atomic E-state index is 12.1. The van der Waals surface area contributed by atoms with Gasteiger partial charge in [0, 0.05) is 25.7 Å². The Bertz CT molecular complexity index is 1520. The fraction of sp³-hybridized carbons (Fsp3) is 0.0870. The first-order chi connectivity index (χ1) is 14.5. The molecule has 1 N–H and O–H groups in total. The van der Waals surface area contributed by atoms with Gasteiger partial charge in [0.15, 0.2) is 0 Å². The minimum absolute atomic E-state index is 0.0743. The van der Waals surface area contributed by atoms with E-state index in [9.17, 15) is 10.1 Å². The smallest absolute Gasteiger partial charge is 0.328 e. The van der Waals surface area contributed by atoms with Crippen LogP contribution in [0.3, 0.4) is 0 Å². The molecular weight excluding hydrogens is 378 g/mol. The van der Waals surface area contributed by atoms with Crippen LogP contribution < -0.4 is 5.69 Å². The van der Waals surface area contributed by atoms with E-state index in [1.165, 1.54) is 0 Å². The van der Waals surface area contributed by atoms with Crippen molar-refractivity contribution in [1.82, 2.24) is 19.1 Å². The molecule has 0 spiro atoms. The summed E-state index contributed by atoms with van der Waals surface area (Å²) >= 11 is 0. The monoisotopic (exact) mass is 395 g/mol. The van der Waals surface area contributed by atoms with Crippen LogP contribution in [0, 0.1) is 11.3 Å². The lowest BCUT2D eigenvalue weighted by molar-refractivity contribution is 0.572. The molecule has 7 heteroatoms. The van der Waals surface area contributed by atoms with Gasteiger partial charge in [0.2, 0.25) is 0 Å². The normalized spacial score (nSPS) is 12.0. The number of furan rings is 1. The average Bonchev–Trinajstić information content (AvgIpc) is 3.46. The highest BCUT2D eigenvalue weighted by atomic mass is 16.3. The van der Waals surface area contributed by atoms with Gasteiger partial charge >= 0.3 is 5.69 Å². The van der Waals surface area contributed by atoms with Crippen molar-refractivity contribution in [1.29, 1.82) is 5.26 Å². The molecule has 0 aliphatic heterocycles. The van der Waals surface area contributed by atoms with Crippen LogP contribution in [0.4, 0.5) is 0 Å². The minimum atomic E-state index is -0.0743. The Kier molecular flexibility index (Phi) is 3.93. The summed E-state index contributed by atoms with van der Waals surface area (Å²) in [6.07, 6.45) is 1.66. The van der Waals surface area contributed by atoms with Crippen molar-refractivity contribution in [3.8, 4) is 17.4 Å². The van der Waals surface area contributed by atoms with Gasteiger partial charge in [-0.3, -0.25) is 9.13 Å². The summed E-state index contributed by atoms with van der Waals surface area (Å²) in [6, 6.07) is 19.2. The minimum Gasteiger partial charge on any atom is -0.457 e. The number of para-hydroxylation sites is 2. The Morgan fingerprint density at radius 2 is 1.90 bits per heavy atom. The lowest BCUT2D eigenvalue weighted by Gasteiger charge is -2.00. The lowest BCUT2D eigenvalue weighted by Crippen LogP contribution is -2.19. The Morgan fingerprint density at radius 3 is 2.70 bits per heavy atom. The van der Waals surface area contributed by atoms with E-state index in [0.29, 0.717) is 22.9 Å². The maximum Gasteiger partial charge on any atom is 0.328 e. The molecule has 0 bridgehead atoms. The number of nitrogens with one attached hydrogen (secondary N) is 1. The number of aromatic amines is 1. The van der Waals surface area contributed by atoms with Crippen LogP contribution in [0.25, 0.3) is 45.0 Å².